The lowest BCUT2D eigenvalue weighted by molar-refractivity contribution is -0.161. The Hall–Kier alpha value is -1.32. The van der Waals surface area contributed by atoms with Gasteiger partial charge in [0.2, 0.25) is 0 Å². The third-order valence-corrected chi connectivity index (χ3v) is 3.19. The summed E-state index contributed by atoms with van der Waals surface area (Å²) in [6.45, 7) is 7.15. The summed E-state index contributed by atoms with van der Waals surface area (Å²) in [5, 5.41) is 9.00. The van der Waals surface area contributed by atoms with E-state index < -0.39 is 18.0 Å². The molecule has 0 aromatic carbocycles. The van der Waals surface area contributed by atoms with Crippen molar-refractivity contribution in [3.8, 4) is 0 Å². The Morgan fingerprint density at radius 2 is 1.55 bits per heavy atom. The molecule has 0 aliphatic rings. The highest BCUT2D eigenvalue weighted by molar-refractivity contribution is 5.89. The number of carboxylic acids is 1. The quantitative estimate of drug-likeness (QED) is 0.333. The van der Waals surface area contributed by atoms with Gasteiger partial charge < -0.3 is 9.84 Å². The van der Waals surface area contributed by atoms with Crippen molar-refractivity contribution in [2.24, 2.45) is 0 Å². The minimum Gasteiger partial charge on any atom is -0.479 e. The van der Waals surface area contributed by atoms with Crippen LogP contribution in [0.3, 0.4) is 0 Å². The standard InChI is InChI=1S/C16H28O4/c1-4-5-6-7-8-9-10-11-12-14(15(17)18)20-16(19)13(2)3/h14H,2,4-12H2,1,3H3,(H,17,18). The number of unbranched alkanes of at least 4 members (excludes halogenated alkanes) is 7. The number of hydrogen-bond donors (Lipinski definition) is 1. The number of hydrogen-bond acceptors (Lipinski definition) is 3. The summed E-state index contributed by atoms with van der Waals surface area (Å²) in [4.78, 5) is 22.3. The lowest BCUT2D eigenvalue weighted by Gasteiger charge is -2.13. The van der Waals surface area contributed by atoms with Gasteiger partial charge in [-0.1, -0.05) is 58.4 Å². The van der Waals surface area contributed by atoms with Crippen molar-refractivity contribution in [3.63, 3.8) is 0 Å². The highest BCUT2D eigenvalue weighted by Crippen LogP contribution is 2.13. The van der Waals surface area contributed by atoms with E-state index in [2.05, 4.69) is 13.5 Å². The zero-order chi connectivity index (χ0) is 15.4. The van der Waals surface area contributed by atoms with E-state index in [1.807, 2.05) is 0 Å². The molecule has 0 amide bonds. The largest absolute Gasteiger partial charge is 0.479 e. The molecule has 4 heteroatoms. The van der Waals surface area contributed by atoms with Gasteiger partial charge in [0, 0.05) is 5.57 Å². The van der Waals surface area contributed by atoms with Gasteiger partial charge in [-0.2, -0.15) is 0 Å². The zero-order valence-electron chi connectivity index (χ0n) is 12.8. The molecular formula is C16H28O4. The molecule has 0 aromatic rings. The van der Waals surface area contributed by atoms with Gasteiger partial charge in [0.05, 0.1) is 0 Å². The first kappa shape index (κ1) is 18.7. The van der Waals surface area contributed by atoms with E-state index in [-0.39, 0.29) is 5.57 Å². The first-order chi connectivity index (χ1) is 9.49. The number of carboxylic acid groups (broad SMARTS) is 1. The Kier molecular flexibility index (Phi) is 10.7. The van der Waals surface area contributed by atoms with Gasteiger partial charge >= 0.3 is 11.9 Å². The molecule has 0 saturated heterocycles. The second-order valence-electron chi connectivity index (χ2n) is 5.28. The summed E-state index contributed by atoms with van der Waals surface area (Å²) < 4.78 is 4.89. The van der Waals surface area contributed by atoms with Crippen LogP contribution in [0, 0.1) is 0 Å². The molecule has 0 aliphatic heterocycles. The average Bonchev–Trinajstić information content (AvgIpc) is 2.39. The molecule has 0 rings (SSSR count). The van der Waals surface area contributed by atoms with Gasteiger partial charge in [-0.15, -0.1) is 0 Å². The van der Waals surface area contributed by atoms with Crippen LogP contribution in [0.1, 0.15) is 71.6 Å². The molecule has 116 valence electrons. The molecule has 1 unspecified atom stereocenters. The van der Waals surface area contributed by atoms with Crippen LogP contribution in [0.4, 0.5) is 0 Å². The molecule has 0 bridgehead atoms. The molecule has 0 fully saturated rings. The number of carbonyl (C=O) groups is 2. The van der Waals surface area contributed by atoms with Crippen molar-refractivity contribution in [2.45, 2.75) is 77.7 Å². The van der Waals surface area contributed by atoms with Crippen molar-refractivity contribution in [1.82, 2.24) is 0 Å². The Balaban J connectivity index is 3.74. The minimum atomic E-state index is -1.08. The SMILES string of the molecule is C=C(C)C(=O)OC(CCCCCCCCCC)C(=O)O. The number of rotatable bonds is 12. The minimum absolute atomic E-state index is 0.229. The van der Waals surface area contributed by atoms with Crippen molar-refractivity contribution in [2.75, 3.05) is 0 Å². The second kappa shape index (κ2) is 11.5. The molecule has 1 N–H and O–H groups in total. The molecule has 0 heterocycles. The van der Waals surface area contributed by atoms with Gasteiger partial charge in [0.25, 0.3) is 0 Å². The smallest absolute Gasteiger partial charge is 0.345 e. The van der Waals surface area contributed by atoms with Crippen LogP contribution in [0.2, 0.25) is 0 Å². The van der Waals surface area contributed by atoms with E-state index in [0.717, 1.165) is 19.3 Å². The molecule has 0 aromatic heterocycles. The third-order valence-electron chi connectivity index (χ3n) is 3.19. The fraction of sp³-hybridized carbons (Fsp3) is 0.750. The normalized spacial score (nSPS) is 11.9. The molecule has 20 heavy (non-hydrogen) atoms. The van der Waals surface area contributed by atoms with Gasteiger partial charge in [-0.3, -0.25) is 0 Å². The van der Waals surface area contributed by atoms with Crippen LogP contribution >= 0.6 is 0 Å². The first-order valence-electron chi connectivity index (χ1n) is 7.58. The first-order valence-corrected chi connectivity index (χ1v) is 7.58. The summed E-state index contributed by atoms with van der Waals surface area (Å²) in [6.07, 6.45) is 8.48. The summed E-state index contributed by atoms with van der Waals surface area (Å²) in [6, 6.07) is 0. The maximum absolute atomic E-state index is 11.3. The highest BCUT2D eigenvalue weighted by atomic mass is 16.6. The average molecular weight is 284 g/mol. The maximum atomic E-state index is 11.3. The number of aliphatic carboxylic acids is 1. The van der Waals surface area contributed by atoms with Gasteiger partial charge in [-0.05, 0) is 19.8 Å². The predicted octanol–water partition coefficient (Wildman–Crippen LogP) is 4.09. The molecule has 0 spiro atoms. The second-order valence-corrected chi connectivity index (χ2v) is 5.28. The van der Waals surface area contributed by atoms with Gasteiger partial charge in [0.1, 0.15) is 0 Å². The van der Waals surface area contributed by atoms with E-state index in [1.54, 1.807) is 0 Å². The van der Waals surface area contributed by atoms with Crippen LogP contribution in [0.5, 0.6) is 0 Å². The number of esters is 1. The summed E-state index contributed by atoms with van der Waals surface area (Å²) in [7, 11) is 0. The highest BCUT2D eigenvalue weighted by Gasteiger charge is 2.21. The fourth-order valence-electron chi connectivity index (χ4n) is 1.93. The summed E-state index contributed by atoms with van der Waals surface area (Å²) >= 11 is 0. The summed E-state index contributed by atoms with van der Waals surface area (Å²) in [5.41, 5.74) is 0.229. The topological polar surface area (TPSA) is 63.6 Å². The van der Waals surface area contributed by atoms with Crippen LogP contribution < -0.4 is 0 Å². The van der Waals surface area contributed by atoms with Crippen LogP contribution in [0.25, 0.3) is 0 Å². The van der Waals surface area contributed by atoms with E-state index in [1.165, 1.54) is 39.0 Å². The van der Waals surface area contributed by atoms with E-state index in [9.17, 15) is 9.59 Å². The number of carbonyl (C=O) groups excluding carboxylic acids is 1. The van der Waals surface area contributed by atoms with Crippen molar-refractivity contribution in [1.29, 1.82) is 0 Å². The van der Waals surface area contributed by atoms with Crippen molar-refractivity contribution >= 4 is 11.9 Å². The lowest BCUT2D eigenvalue weighted by atomic mass is 10.1. The van der Waals surface area contributed by atoms with E-state index in [4.69, 9.17) is 9.84 Å². The fourth-order valence-corrected chi connectivity index (χ4v) is 1.93. The Labute approximate surface area is 122 Å². The Morgan fingerprint density at radius 3 is 2.00 bits per heavy atom. The van der Waals surface area contributed by atoms with E-state index in [0.29, 0.717) is 6.42 Å². The Bertz CT molecular complexity index is 310. The van der Waals surface area contributed by atoms with Crippen LogP contribution in [0.15, 0.2) is 12.2 Å². The van der Waals surface area contributed by atoms with Crippen LogP contribution in [-0.2, 0) is 14.3 Å². The molecule has 0 aliphatic carbocycles. The maximum Gasteiger partial charge on any atom is 0.345 e. The Morgan fingerprint density at radius 1 is 1.05 bits per heavy atom. The monoisotopic (exact) mass is 284 g/mol. The van der Waals surface area contributed by atoms with Crippen LogP contribution in [-0.4, -0.2) is 23.1 Å². The van der Waals surface area contributed by atoms with Crippen molar-refractivity contribution < 1.29 is 19.4 Å². The number of ether oxygens (including phenoxy) is 1. The summed E-state index contributed by atoms with van der Waals surface area (Å²) in [5.74, 6) is -1.71. The molecule has 0 saturated carbocycles. The van der Waals surface area contributed by atoms with Gasteiger partial charge in [-0.25, -0.2) is 9.59 Å². The lowest BCUT2D eigenvalue weighted by Crippen LogP contribution is -2.27. The van der Waals surface area contributed by atoms with Crippen molar-refractivity contribution in [3.05, 3.63) is 12.2 Å². The molecule has 1 atom stereocenters. The molecular weight excluding hydrogens is 256 g/mol. The molecule has 4 nitrogen and oxygen atoms in total. The zero-order valence-corrected chi connectivity index (χ0v) is 12.8. The van der Waals surface area contributed by atoms with E-state index >= 15 is 0 Å². The predicted molar refractivity (Wildman–Crippen MR) is 79.6 cm³/mol. The molecule has 0 radical (unpaired) electrons. The van der Waals surface area contributed by atoms with Gasteiger partial charge in [0.15, 0.2) is 6.10 Å². The third kappa shape index (κ3) is 9.59.